The van der Waals surface area contributed by atoms with E-state index < -0.39 is 0 Å². The van der Waals surface area contributed by atoms with Crippen LogP contribution in [0.3, 0.4) is 0 Å². The quantitative estimate of drug-likeness (QED) is 0.738. The first-order valence-corrected chi connectivity index (χ1v) is 6.83. The molecule has 0 aliphatic rings. The van der Waals surface area contributed by atoms with E-state index in [0.717, 1.165) is 5.75 Å². The zero-order chi connectivity index (χ0) is 9.97. The maximum atomic E-state index is 2.32. The number of benzene rings is 1. The molecule has 0 aliphatic carbocycles. The van der Waals surface area contributed by atoms with Gasteiger partial charge in [0.2, 0.25) is 0 Å². The molecular formula is C12H14S2. The van der Waals surface area contributed by atoms with Gasteiger partial charge in [-0.2, -0.15) is 11.8 Å². The van der Waals surface area contributed by atoms with Crippen LogP contribution in [0.2, 0.25) is 0 Å². The molecule has 0 radical (unpaired) electrons. The van der Waals surface area contributed by atoms with Gasteiger partial charge in [0, 0.05) is 15.3 Å². The van der Waals surface area contributed by atoms with Crippen molar-refractivity contribution in [3.05, 3.63) is 34.7 Å². The van der Waals surface area contributed by atoms with Crippen LogP contribution in [0, 0.1) is 6.92 Å². The summed E-state index contributed by atoms with van der Waals surface area (Å²) in [5.74, 6) is 2.36. The Labute approximate surface area is 93.3 Å². The Morgan fingerprint density at radius 3 is 2.93 bits per heavy atom. The molecule has 2 aromatic rings. The molecule has 74 valence electrons. The number of fused-ring (bicyclic) bond motifs is 1. The van der Waals surface area contributed by atoms with Crippen LogP contribution in [0.15, 0.2) is 24.3 Å². The van der Waals surface area contributed by atoms with Gasteiger partial charge in [0.05, 0.1) is 0 Å². The van der Waals surface area contributed by atoms with Gasteiger partial charge in [-0.1, -0.05) is 19.1 Å². The molecule has 2 rings (SSSR count). The van der Waals surface area contributed by atoms with E-state index in [-0.39, 0.29) is 0 Å². The predicted molar refractivity (Wildman–Crippen MR) is 68.4 cm³/mol. The number of thiophene rings is 1. The van der Waals surface area contributed by atoms with Crippen molar-refractivity contribution in [1.29, 1.82) is 0 Å². The van der Waals surface area contributed by atoms with Gasteiger partial charge in [0.15, 0.2) is 0 Å². The Kier molecular flexibility index (Phi) is 3.14. The molecule has 0 N–H and O–H groups in total. The summed E-state index contributed by atoms with van der Waals surface area (Å²) in [6, 6.07) is 9.01. The van der Waals surface area contributed by atoms with E-state index in [2.05, 4.69) is 38.1 Å². The summed E-state index contributed by atoms with van der Waals surface area (Å²) in [6.45, 7) is 4.36. The van der Waals surface area contributed by atoms with Crippen LogP contribution < -0.4 is 0 Å². The average molecular weight is 222 g/mol. The summed E-state index contributed by atoms with van der Waals surface area (Å²) in [4.78, 5) is 1.50. The third-order valence-electron chi connectivity index (χ3n) is 2.18. The molecule has 0 bridgehead atoms. The minimum Gasteiger partial charge on any atom is -0.157 e. The highest BCUT2D eigenvalue weighted by atomic mass is 32.2. The molecule has 0 saturated carbocycles. The number of thioether (sulfide) groups is 1. The van der Waals surface area contributed by atoms with E-state index >= 15 is 0 Å². The lowest BCUT2D eigenvalue weighted by atomic mass is 10.2. The minimum absolute atomic E-state index is 1.16. The van der Waals surface area contributed by atoms with E-state index in [1.807, 2.05) is 23.1 Å². The summed E-state index contributed by atoms with van der Waals surface area (Å²) >= 11 is 3.92. The largest absolute Gasteiger partial charge is 0.157 e. The summed E-state index contributed by atoms with van der Waals surface area (Å²) in [5, 5.41) is 1.40. The second kappa shape index (κ2) is 4.37. The zero-order valence-corrected chi connectivity index (χ0v) is 10.2. The molecule has 0 nitrogen and oxygen atoms in total. The molecule has 1 heterocycles. The summed E-state index contributed by atoms with van der Waals surface area (Å²) in [7, 11) is 0. The fourth-order valence-electron chi connectivity index (χ4n) is 1.47. The first-order chi connectivity index (χ1) is 6.79. The third kappa shape index (κ3) is 2.12. The van der Waals surface area contributed by atoms with Crippen LogP contribution in [0.4, 0.5) is 0 Å². The molecule has 0 fully saturated rings. The van der Waals surface area contributed by atoms with Crippen molar-refractivity contribution in [2.24, 2.45) is 0 Å². The summed E-state index contributed by atoms with van der Waals surface area (Å²) in [6.07, 6.45) is 0. The van der Waals surface area contributed by atoms with E-state index in [9.17, 15) is 0 Å². The molecule has 0 spiro atoms. The summed E-state index contributed by atoms with van der Waals surface area (Å²) < 4.78 is 1.43. The monoisotopic (exact) mass is 222 g/mol. The van der Waals surface area contributed by atoms with Gasteiger partial charge in [0.1, 0.15) is 0 Å². The second-order valence-corrected chi connectivity index (χ2v) is 5.83. The first-order valence-electron chi connectivity index (χ1n) is 4.86. The van der Waals surface area contributed by atoms with Crippen molar-refractivity contribution in [3.8, 4) is 0 Å². The average Bonchev–Trinajstić information content (AvgIpc) is 2.56. The number of aryl methyl sites for hydroxylation is 1. The van der Waals surface area contributed by atoms with E-state index in [4.69, 9.17) is 0 Å². The predicted octanol–water partition coefficient (Wildman–Crippen LogP) is 4.46. The van der Waals surface area contributed by atoms with E-state index in [1.54, 1.807) is 0 Å². The van der Waals surface area contributed by atoms with Crippen molar-refractivity contribution < 1.29 is 0 Å². The van der Waals surface area contributed by atoms with Crippen LogP contribution in [0.5, 0.6) is 0 Å². The maximum Gasteiger partial charge on any atom is 0.0348 e. The molecule has 1 aromatic heterocycles. The number of hydrogen-bond donors (Lipinski definition) is 0. The summed E-state index contributed by atoms with van der Waals surface area (Å²) in [5.41, 5.74) is 1.36. The fraction of sp³-hybridized carbons (Fsp3) is 0.333. The molecule has 0 amide bonds. The topological polar surface area (TPSA) is 0 Å². The van der Waals surface area contributed by atoms with Crippen LogP contribution in [0.25, 0.3) is 10.1 Å². The Bertz CT molecular complexity index is 429. The smallest absolute Gasteiger partial charge is 0.0348 e. The van der Waals surface area contributed by atoms with Gasteiger partial charge in [-0.15, -0.1) is 11.3 Å². The van der Waals surface area contributed by atoms with Crippen LogP contribution in [-0.2, 0) is 5.75 Å². The lowest BCUT2D eigenvalue weighted by Gasteiger charge is -1.91. The highest BCUT2D eigenvalue weighted by Crippen LogP contribution is 2.28. The number of hydrogen-bond acceptors (Lipinski definition) is 2. The van der Waals surface area contributed by atoms with Gasteiger partial charge in [-0.05, 0) is 35.8 Å². The van der Waals surface area contributed by atoms with E-state index in [0.29, 0.717) is 0 Å². The third-order valence-corrected chi connectivity index (χ3v) is 4.38. The van der Waals surface area contributed by atoms with Crippen LogP contribution in [0.1, 0.15) is 17.4 Å². The molecule has 1 aromatic carbocycles. The minimum atomic E-state index is 1.16. The Balaban J connectivity index is 2.32. The Morgan fingerprint density at radius 2 is 2.14 bits per heavy atom. The number of rotatable bonds is 3. The lowest BCUT2D eigenvalue weighted by Crippen LogP contribution is -1.71. The second-order valence-electron chi connectivity index (χ2n) is 3.39. The molecule has 0 atom stereocenters. The van der Waals surface area contributed by atoms with Gasteiger partial charge in [-0.25, -0.2) is 0 Å². The van der Waals surface area contributed by atoms with Gasteiger partial charge < -0.3 is 0 Å². The molecule has 0 saturated heterocycles. The molecule has 0 aliphatic heterocycles. The lowest BCUT2D eigenvalue weighted by molar-refractivity contribution is 1.47. The fourth-order valence-corrected chi connectivity index (χ4v) is 3.40. The zero-order valence-electron chi connectivity index (χ0n) is 8.54. The van der Waals surface area contributed by atoms with Crippen molar-refractivity contribution in [3.63, 3.8) is 0 Å². The van der Waals surface area contributed by atoms with E-state index in [1.165, 1.54) is 26.3 Å². The molecule has 2 heteroatoms. The van der Waals surface area contributed by atoms with Gasteiger partial charge in [0.25, 0.3) is 0 Å². The van der Waals surface area contributed by atoms with Crippen LogP contribution in [-0.4, -0.2) is 5.75 Å². The van der Waals surface area contributed by atoms with Gasteiger partial charge in [-0.3, -0.25) is 0 Å². The van der Waals surface area contributed by atoms with Crippen molar-refractivity contribution in [2.45, 2.75) is 19.6 Å². The van der Waals surface area contributed by atoms with Crippen molar-refractivity contribution in [2.75, 3.05) is 5.75 Å². The molecule has 14 heavy (non-hydrogen) atoms. The highest BCUT2D eigenvalue weighted by molar-refractivity contribution is 7.98. The highest BCUT2D eigenvalue weighted by Gasteiger charge is 2.01. The molecule has 0 unspecified atom stereocenters. The Morgan fingerprint density at radius 1 is 1.29 bits per heavy atom. The first kappa shape index (κ1) is 10.1. The maximum absolute atomic E-state index is 2.32. The van der Waals surface area contributed by atoms with Gasteiger partial charge >= 0.3 is 0 Å². The van der Waals surface area contributed by atoms with Crippen molar-refractivity contribution >= 4 is 33.2 Å². The van der Waals surface area contributed by atoms with Crippen molar-refractivity contribution in [1.82, 2.24) is 0 Å². The SMILES string of the molecule is CCSCc1cc2ccc(C)cc2s1. The Hall–Kier alpha value is -0.470. The normalized spacial score (nSPS) is 11.0. The molecular weight excluding hydrogens is 208 g/mol. The van der Waals surface area contributed by atoms with Crippen LogP contribution >= 0.6 is 23.1 Å². The standard InChI is InChI=1S/C12H14S2/c1-3-13-8-11-7-10-5-4-9(2)6-12(10)14-11/h4-7H,3,8H2,1-2H3.